The number of aryl methyl sites for hydroxylation is 1. The molecule has 0 saturated carbocycles. The van der Waals surface area contributed by atoms with Crippen LogP contribution in [0.3, 0.4) is 0 Å². The van der Waals surface area contributed by atoms with E-state index in [1.165, 1.54) is 11.3 Å². The molecule has 2 aromatic rings. The van der Waals surface area contributed by atoms with Gasteiger partial charge in [0.15, 0.2) is 0 Å². The summed E-state index contributed by atoms with van der Waals surface area (Å²) in [5, 5.41) is 14.7. The number of nitrogens with zero attached hydrogens (tertiary/aromatic N) is 2. The maximum Gasteiger partial charge on any atom is 0.255 e. The Morgan fingerprint density at radius 1 is 1.19 bits per heavy atom. The first-order valence-corrected chi connectivity index (χ1v) is 9.43. The van der Waals surface area contributed by atoms with Gasteiger partial charge in [0, 0.05) is 0 Å². The maximum atomic E-state index is 12.7. The number of hydrogen-bond acceptors (Lipinski definition) is 6. The molecule has 0 unspecified atom stereocenters. The van der Waals surface area contributed by atoms with Crippen LogP contribution < -0.4 is 15.4 Å². The molecule has 2 amide bonds. The number of rotatable bonds is 8. The predicted octanol–water partition coefficient (Wildman–Crippen LogP) is 2.89. The first-order chi connectivity index (χ1) is 12.5. The van der Waals surface area contributed by atoms with Crippen molar-refractivity contribution in [1.29, 1.82) is 0 Å². The molecule has 140 valence electrons. The van der Waals surface area contributed by atoms with Crippen LogP contribution in [-0.4, -0.2) is 34.7 Å². The summed E-state index contributed by atoms with van der Waals surface area (Å²) in [5.74, 6) is -0.278. The Labute approximate surface area is 157 Å². The first kappa shape index (κ1) is 19.8. The number of carbonyl (C=O) groups excluding carboxylic acids is 2. The summed E-state index contributed by atoms with van der Waals surface area (Å²) >= 11 is 1.33. The molecule has 7 nitrogen and oxygen atoms in total. The predicted molar refractivity (Wildman–Crippen MR) is 102 cm³/mol. The average molecular weight is 376 g/mol. The molecular formula is C18H24N4O3S. The molecule has 2 N–H and O–H groups in total. The number of amides is 2. The molecule has 0 aliphatic carbocycles. The molecule has 1 atom stereocenters. The summed E-state index contributed by atoms with van der Waals surface area (Å²) in [6.07, 6.45) is 0.756. The van der Waals surface area contributed by atoms with E-state index < -0.39 is 6.04 Å². The minimum atomic E-state index is -0.703. The molecule has 1 aromatic heterocycles. The van der Waals surface area contributed by atoms with Gasteiger partial charge in [0.1, 0.15) is 16.8 Å². The van der Waals surface area contributed by atoms with Crippen molar-refractivity contribution in [3.8, 4) is 5.75 Å². The fraction of sp³-hybridized carbons (Fsp3) is 0.444. The number of ether oxygens (including phenoxy) is 1. The van der Waals surface area contributed by atoms with Crippen LogP contribution in [0.4, 0.5) is 5.13 Å². The lowest BCUT2D eigenvalue weighted by Crippen LogP contribution is -2.47. The van der Waals surface area contributed by atoms with Gasteiger partial charge in [-0.3, -0.25) is 14.9 Å². The number of benzene rings is 1. The van der Waals surface area contributed by atoms with Gasteiger partial charge in [-0.1, -0.05) is 44.2 Å². The highest BCUT2D eigenvalue weighted by Crippen LogP contribution is 2.19. The van der Waals surface area contributed by atoms with Gasteiger partial charge >= 0.3 is 0 Å². The second kappa shape index (κ2) is 9.28. The van der Waals surface area contributed by atoms with Crippen molar-refractivity contribution < 1.29 is 14.3 Å². The van der Waals surface area contributed by atoms with Gasteiger partial charge in [0.25, 0.3) is 5.91 Å². The van der Waals surface area contributed by atoms with Crippen molar-refractivity contribution in [2.75, 3.05) is 11.9 Å². The largest absolute Gasteiger partial charge is 0.493 e. The lowest BCUT2D eigenvalue weighted by atomic mass is 10.0. The van der Waals surface area contributed by atoms with E-state index in [-0.39, 0.29) is 17.7 Å². The third-order valence-corrected chi connectivity index (χ3v) is 4.65. The van der Waals surface area contributed by atoms with Crippen LogP contribution >= 0.6 is 11.3 Å². The van der Waals surface area contributed by atoms with Crippen molar-refractivity contribution >= 4 is 28.3 Å². The van der Waals surface area contributed by atoms with Gasteiger partial charge in [-0.25, -0.2) is 0 Å². The molecule has 0 aliphatic rings. The van der Waals surface area contributed by atoms with E-state index in [1.54, 1.807) is 24.3 Å². The SMILES string of the molecule is CCOc1ccccc1C(=O)N[C@H](C(=O)Nc1nnc(CC)s1)C(C)C. The van der Waals surface area contributed by atoms with Gasteiger partial charge < -0.3 is 10.1 Å². The van der Waals surface area contributed by atoms with E-state index in [4.69, 9.17) is 4.74 Å². The van der Waals surface area contributed by atoms with Crippen molar-refractivity contribution in [3.63, 3.8) is 0 Å². The van der Waals surface area contributed by atoms with E-state index in [9.17, 15) is 9.59 Å². The van der Waals surface area contributed by atoms with Crippen LogP contribution in [0.1, 0.15) is 43.1 Å². The summed E-state index contributed by atoms with van der Waals surface area (Å²) in [5.41, 5.74) is 0.400. The number of anilines is 1. The standard InChI is InChI=1S/C18H24N4O3S/c1-5-14-21-22-18(26-14)20-17(24)15(11(3)4)19-16(23)12-9-7-8-10-13(12)25-6-2/h7-11,15H,5-6H2,1-4H3,(H,19,23)(H,20,22,24)/t15-/m0/s1. The quantitative estimate of drug-likeness (QED) is 0.739. The third-order valence-electron chi connectivity index (χ3n) is 3.67. The lowest BCUT2D eigenvalue weighted by molar-refractivity contribution is -0.118. The zero-order chi connectivity index (χ0) is 19.1. The molecule has 26 heavy (non-hydrogen) atoms. The Balaban J connectivity index is 2.12. The van der Waals surface area contributed by atoms with Crippen LogP contribution in [0, 0.1) is 5.92 Å². The molecule has 8 heteroatoms. The highest BCUT2D eigenvalue weighted by Gasteiger charge is 2.26. The van der Waals surface area contributed by atoms with Crippen LogP contribution in [0.5, 0.6) is 5.75 Å². The highest BCUT2D eigenvalue weighted by atomic mass is 32.1. The Morgan fingerprint density at radius 2 is 1.92 bits per heavy atom. The van der Waals surface area contributed by atoms with Crippen LogP contribution in [0.2, 0.25) is 0 Å². The van der Waals surface area contributed by atoms with Gasteiger partial charge in [-0.15, -0.1) is 10.2 Å². The molecule has 0 fully saturated rings. The van der Waals surface area contributed by atoms with Crippen molar-refractivity contribution in [2.45, 2.75) is 40.2 Å². The minimum absolute atomic E-state index is 0.100. The topological polar surface area (TPSA) is 93.2 Å². The van der Waals surface area contributed by atoms with Crippen LogP contribution in [-0.2, 0) is 11.2 Å². The second-order valence-corrected chi connectivity index (χ2v) is 7.03. The number of para-hydroxylation sites is 1. The van der Waals surface area contributed by atoms with E-state index in [1.807, 2.05) is 27.7 Å². The van der Waals surface area contributed by atoms with Crippen LogP contribution in [0.25, 0.3) is 0 Å². The lowest BCUT2D eigenvalue weighted by Gasteiger charge is -2.21. The van der Waals surface area contributed by atoms with Gasteiger partial charge in [-0.2, -0.15) is 0 Å². The zero-order valence-electron chi connectivity index (χ0n) is 15.4. The summed E-state index contributed by atoms with van der Waals surface area (Å²) in [6.45, 7) is 8.02. The summed E-state index contributed by atoms with van der Waals surface area (Å²) < 4.78 is 5.49. The average Bonchev–Trinajstić information content (AvgIpc) is 3.07. The number of hydrogen-bond donors (Lipinski definition) is 2. The highest BCUT2D eigenvalue weighted by molar-refractivity contribution is 7.15. The van der Waals surface area contributed by atoms with Gasteiger partial charge in [-0.05, 0) is 31.4 Å². The second-order valence-electron chi connectivity index (χ2n) is 5.97. The van der Waals surface area contributed by atoms with Crippen LogP contribution in [0.15, 0.2) is 24.3 Å². The van der Waals surface area contributed by atoms with Crippen molar-refractivity contribution in [1.82, 2.24) is 15.5 Å². The van der Waals surface area contributed by atoms with E-state index in [2.05, 4.69) is 20.8 Å². The monoisotopic (exact) mass is 376 g/mol. The molecule has 1 heterocycles. The fourth-order valence-corrected chi connectivity index (χ4v) is 3.00. The molecule has 0 aliphatic heterocycles. The van der Waals surface area contributed by atoms with Gasteiger partial charge in [0.2, 0.25) is 11.0 Å². The maximum absolute atomic E-state index is 12.7. The minimum Gasteiger partial charge on any atom is -0.493 e. The molecule has 0 spiro atoms. The Kier molecular flexibility index (Phi) is 7.08. The van der Waals surface area contributed by atoms with Crippen molar-refractivity contribution in [2.24, 2.45) is 5.92 Å². The summed E-state index contributed by atoms with van der Waals surface area (Å²) in [4.78, 5) is 25.3. The van der Waals surface area contributed by atoms with Crippen molar-refractivity contribution in [3.05, 3.63) is 34.8 Å². The van der Waals surface area contributed by atoms with E-state index >= 15 is 0 Å². The molecule has 0 bridgehead atoms. The van der Waals surface area contributed by atoms with E-state index in [0.717, 1.165) is 11.4 Å². The molecule has 0 radical (unpaired) electrons. The Bertz CT molecular complexity index is 760. The smallest absolute Gasteiger partial charge is 0.255 e. The molecule has 0 saturated heterocycles. The molecule has 2 rings (SSSR count). The number of carbonyl (C=O) groups is 2. The first-order valence-electron chi connectivity index (χ1n) is 8.62. The Morgan fingerprint density at radius 3 is 2.54 bits per heavy atom. The third kappa shape index (κ3) is 5.01. The Hall–Kier alpha value is -2.48. The zero-order valence-corrected chi connectivity index (χ0v) is 16.2. The van der Waals surface area contributed by atoms with Gasteiger partial charge in [0.05, 0.1) is 12.2 Å². The molecule has 1 aromatic carbocycles. The summed E-state index contributed by atoms with van der Waals surface area (Å²) in [6, 6.07) is 6.26. The fourth-order valence-electron chi connectivity index (χ4n) is 2.32. The normalized spacial score (nSPS) is 11.9. The summed E-state index contributed by atoms with van der Waals surface area (Å²) in [7, 11) is 0. The molecular weight excluding hydrogens is 352 g/mol. The van der Waals surface area contributed by atoms with E-state index in [0.29, 0.717) is 23.1 Å². The number of nitrogens with one attached hydrogen (secondary N) is 2. The number of aromatic nitrogens is 2.